The van der Waals surface area contributed by atoms with E-state index >= 15 is 0 Å². The van der Waals surface area contributed by atoms with Crippen molar-refractivity contribution in [2.45, 2.75) is 39.7 Å². The summed E-state index contributed by atoms with van der Waals surface area (Å²) in [6, 6.07) is 4.15. The minimum absolute atomic E-state index is 0.112. The highest BCUT2D eigenvalue weighted by atomic mass is 16.5. The van der Waals surface area contributed by atoms with Gasteiger partial charge in [0.1, 0.15) is 0 Å². The van der Waals surface area contributed by atoms with Crippen LogP contribution in [0.4, 0.5) is 0 Å². The lowest BCUT2D eigenvalue weighted by Crippen LogP contribution is -2.46. The molecule has 2 heterocycles. The van der Waals surface area contributed by atoms with Crippen LogP contribution in [0.1, 0.15) is 32.8 Å². The summed E-state index contributed by atoms with van der Waals surface area (Å²) in [6.07, 6.45) is 5.36. The van der Waals surface area contributed by atoms with Crippen LogP contribution in [-0.4, -0.2) is 30.1 Å². The second kappa shape index (κ2) is 6.35. The highest BCUT2D eigenvalue weighted by Gasteiger charge is 2.33. The van der Waals surface area contributed by atoms with Gasteiger partial charge in [-0.05, 0) is 30.5 Å². The van der Waals surface area contributed by atoms with Crippen LogP contribution in [0.2, 0.25) is 0 Å². The first-order chi connectivity index (χ1) is 9.53. The molecule has 1 aromatic rings. The summed E-state index contributed by atoms with van der Waals surface area (Å²) in [5.41, 5.74) is 0.925. The minimum atomic E-state index is -0.316. The van der Waals surface area contributed by atoms with Crippen molar-refractivity contribution in [1.29, 1.82) is 0 Å². The fourth-order valence-corrected chi connectivity index (χ4v) is 2.31. The van der Waals surface area contributed by atoms with Gasteiger partial charge in [0, 0.05) is 23.7 Å². The van der Waals surface area contributed by atoms with Crippen LogP contribution in [0.5, 0.6) is 0 Å². The Balaban J connectivity index is 1.96. The van der Waals surface area contributed by atoms with E-state index in [0.29, 0.717) is 19.1 Å². The van der Waals surface area contributed by atoms with Crippen LogP contribution in [0.3, 0.4) is 0 Å². The van der Waals surface area contributed by atoms with Gasteiger partial charge < -0.3 is 10.1 Å². The Kier molecular flexibility index (Phi) is 4.76. The molecule has 4 heteroatoms. The molecule has 1 fully saturated rings. The molecular weight excluding hydrogens is 252 g/mol. The first-order valence-corrected chi connectivity index (χ1v) is 7.30. The van der Waals surface area contributed by atoms with Crippen LogP contribution < -0.4 is 5.32 Å². The van der Waals surface area contributed by atoms with Crippen LogP contribution in [0.15, 0.2) is 24.5 Å². The van der Waals surface area contributed by atoms with Gasteiger partial charge in [-0.25, -0.2) is 0 Å². The van der Waals surface area contributed by atoms with Gasteiger partial charge in [-0.3, -0.25) is 9.78 Å². The zero-order valence-corrected chi connectivity index (χ0v) is 12.6. The number of carbonyl (C=O) groups is 1. The standard InChI is InChI=1S/C16H24N2O2/c1-4-16(2,3)15(19)18-14-11-20-10-13(14)9-12-5-7-17-8-6-12/h5-8,13-14H,4,9-11H2,1-3H3,(H,18,19)/t13-,14+/m1/s1. The van der Waals surface area contributed by atoms with Gasteiger partial charge in [-0.2, -0.15) is 0 Å². The predicted octanol–water partition coefficient (Wildman–Crippen LogP) is 2.19. The highest BCUT2D eigenvalue weighted by Crippen LogP contribution is 2.23. The average Bonchev–Trinajstić information content (AvgIpc) is 2.87. The first-order valence-electron chi connectivity index (χ1n) is 7.30. The van der Waals surface area contributed by atoms with Gasteiger partial charge in [-0.15, -0.1) is 0 Å². The molecule has 1 aliphatic rings. The number of carbonyl (C=O) groups excluding carboxylic acids is 1. The Morgan fingerprint density at radius 1 is 1.40 bits per heavy atom. The minimum Gasteiger partial charge on any atom is -0.379 e. The van der Waals surface area contributed by atoms with E-state index in [4.69, 9.17) is 4.74 Å². The van der Waals surface area contributed by atoms with Gasteiger partial charge in [0.2, 0.25) is 5.91 Å². The molecule has 1 amide bonds. The van der Waals surface area contributed by atoms with Crippen molar-refractivity contribution in [3.8, 4) is 0 Å². The van der Waals surface area contributed by atoms with Crippen molar-refractivity contribution >= 4 is 5.91 Å². The van der Waals surface area contributed by atoms with Gasteiger partial charge in [-0.1, -0.05) is 20.8 Å². The Hall–Kier alpha value is -1.42. The molecule has 1 saturated heterocycles. The lowest BCUT2D eigenvalue weighted by molar-refractivity contribution is -0.130. The number of amides is 1. The lowest BCUT2D eigenvalue weighted by atomic mass is 9.88. The van der Waals surface area contributed by atoms with Crippen LogP contribution in [0.25, 0.3) is 0 Å². The molecule has 110 valence electrons. The van der Waals surface area contributed by atoms with E-state index in [9.17, 15) is 4.79 Å². The second-order valence-electron chi connectivity index (χ2n) is 6.17. The van der Waals surface area contributed by atoms with E-state index in [1.165, 1.54) is 5.56 Å². The van der Waals surface area contributed by atoms with E-state index < -0.39 is 0 Å². The highest BCUT2D eigenvalue weighted by molar-refractivity contribution is 5.82. The molecule has 0 bridgehead atoms. The normalized spacial score (nSPS) is 22.8. The molecule has 0 radical (unpaired) electrons. The van der Waals surface area contributed by atoms with Gasteiger partial charge in [0.05, 0.1) is 19.3 Å². The zero-order chi connectivity index (χ0) is 14.6. The van der Waals surface area contributed by atoms with E-state index in [0.717, 1.165) is 12.8 Å². The number of rotatable bonds is 5. The Labute approximate surface area is 120 Å². The molecule has 0 unspecified atom stereocenters. The van der Waals surface area contributed by atoms with E-state index in [-0.39, 0.29) is 17.4 Å². The topological polar surface area (TPSA) is 51.2 Å². The maximum absolute atomic E-state index is 12.3. The van der Waals surface area contributed by atoms with Crippen molar-refractivity contribution in [2.75, 3.05) is 13.2 Å². The number of hydrogen-bond acceptors (Lipinski definition) is 3. The van der Waals surface area contributed by atoms with Crippen LogP contribution in [0, 0.1) is 11.3 Å². The van der Waals surface area contributed by atoms with Crippen molar-refractivity contribution < 1.29 is 9.53 Å². The summed E-state index contributed by atoms with van der Waals surface area (Å²) in [6.45, 7) is 7.33. The predicted molar refractivity (Wildman–Crippen MR) is 78.3 cm³/mol. The lowest BCUT2D eigenvalue weighted by Gasteiger charge is -2.26. The molecule has 20 heavy (non-hydrogen) atoms. The van der Waals surface area contributed by atoms with Crippen molar-refractivity contribution in [2.24, 2.45) is 11.3 Å². The van der Waals surface area contributed by atoms with Crippen LogP contribution in [-0.2, 0) is 16.0 Å². The smallest absolute Gasteiger partial charge is 0.225 e. The van der Waals surface area contributed by atoms with Gasteiger partial charge >= 0.3 is 0 Å². The van der Waals surface area contributed by atoms with E-state index in [1.54, 1.807) is 12.4 Å². The Morgan fingerprint density at radius 2 is 2.10 bits per heavy atom. The second-order valence-corrected chi connectivity index (χ2v) is 6.17. The van der Waals surface area contributed by atoms with Crippen molar-refractivity contribution in [3.63, 3.8) is 0 Å². The van der Waals surface area contributed by atoms with Gasteiger partial charge in [0.25, 0.3) is 0 Å². The molecule has 1 N–H and O–H groups in total. The number of nitrogens with zero attached hydrogens (tertiary/aromatic N) is 1. The van der Waals surface area contributed by atoms with Crippen molar-refractivity contribution in [1.82, 2.24) is 10.3 Å². The molecular formula is C16H24N2O2. The summed E-state index contributed by atoms with van der Waals surface area (Å²) >= 11 is 0. The fraction of sp³-hybridized carbons (Fsp3) is 0.625. The first kappa shape index (κ1) is 15.0. The monoisotopic (exact) mass is 276 g/mol. The van der Waals surface area contributed by atoms with Crippen molar-refractivity contribution in [3.05, 3.63) is 30.1 Å². The maximum atomic E-state index is 12.3. The molecule has 0 spiro atoms. The molecule has 1 aliphatic heterocycles. The molecule has 2 atom stereocenters. The summed E-state index contributed by atoms with van der Waals surface area (Å²) < 4.78 is 5.56. The third-order valence-corrected chi connectivity index (χ3v) is 4.26. The maximum Gasteiger partial charge on any atom is 0.225 e. The van der Waals surface area contributed by atoms with Gasteiger partial charge in [0.15, 0.2) is 0 Å². The molecule has 0 aromatic carbocycles. The summed E-state index contributed by atoms with van der Waals surface area (Å²) in [5, 5.41) is 3.16. The quantitative estimate of drug-likeness (QED) is 0.897. The molecule has 4 nitrogen and oxygen atoms in total. The average molecular weight is 276 g/mol. The largest absolute Gasteiger partial charge is 0.379 e. The number of nitrogens with one attached hydrogen (secondary N) is 1. The molecule has 2 rings (SSSR count). The number of aromatic nitrogens is 1. The summed E-state index contributed by atoms with van der Waals surface area (Å²) in [4.78, 5) is 16.3. The number of ether oxygens (including phenoxy) is 1. The zero-order valence-electron chi connectivity index (χ0n) is 12.6. The number of hydrogen-bond donors (Lipinski definition) is 1. The third kappa shape index (κ3) is 3.57. The fourth-order valence-electron chi connectivity index (χ4n) is 2.31. The molecule has 0 saturated carbocycles. The number of pyridine rings is 1. The summed E-state index contributed by atoms with van der Waals surface area (Å²) in [7, 11) is 0. The molecule has 1 aromatic heterocycles. The molecule has 0 aliphatic carbocycles. The third-order valence-electron chi connectivity index (χ3n) is 4.26. The summed E-state index contributed by atoms with van der Waals surface area (Å²) in [5.74, 6) is 0.462. The Morgan fingerprint density at radius 3 is 2.75 bits per heavy atom. The SMILES string of the molecule is CCC(C)(C)C(=O)N[C@H]1COC[C@H]1Cc1ccncc1. The van der Waals surface area contributed by atoms with E-state index in [1.807, 2.05) is 32.9 Å². The van der Waals surface area contributed by atoms with Crippen LogP contribution >= 0.6 is 0 Å². The Bertz CT molecular complexity index is 445. The van der Waals surface area contributed by atoms with E-state index in [2.05, 4.69) is 10.3 Å².